The Kier molecular flexibility index (Phi) is 2.26. The van der Waals surface area contributed by atoms with Crippen LogP contribution in [0.2, 0.25) is 0 Å². The number of nitrogens with zero attached hydrogens (tertiary/aromatic N) is 3. The molecule has 2 heterocycles. The van der Waals surface area contributed by atoms with Crippen molar-refractivity contribution in [2.45, 2.75) is 20.8 Å². The van der Waals surface area contributed by atoms with Crippen LogP contribution in [0.15, 0.2) is 18.2 Å². The van der Waals surface area contributed by atoms with Crippen LogP contribution in [0.1, 0.15) is 17.0 Å². The van der Waals surface area contributed by atoms with Gasteiger partial charge in [0.25, 0.3) is 0 Å². The molecule has 4 nitrogen and oxygen atoms in total. The molecule has 4 heteroatoms. The first-order valence-corrected chi connectivity index (χ1v) is 6.03. The van der Waals surface area contributed by atoms with Gasteiger partial charge in [0, 0.05) is 12.7 Å². The third-order valence-electron chi connectivity index (χ3n) is 3.38. The summed E-state index contributed by atoms with van der Waals surface area (Å²) in [5.41, 5.74) is 6.55. The number of benzene rings is 1. The number of H-pyrrole nitrogens is 1. The summed E-state index contributed by atoms with van der Waals surface area (Å²) in [5, 5.41) is 4.43. The van der Waals surface area contributed by atoms with E-state index in [0.717, 1.165) is 33.8 Å². The third kappa shape index (κ3) is 1.53. The number of nitrogens with one attached hydrogen (secondary N) is 1. The minimum Gasteiger partial charge on any atom is -0.338 e. The zero-order chi connectivity index (χ0) is 12.9. The third-order valence-corrected chi connectivity index (χ3v) is 3.38. The molecule has 1 aromatic carbocycles. The Hall–Kier alpha value is -2.10. The van der Waals surface area contributed by atoms with Gasteiger partial charge in [0.1, 0.15) is 5.82 Å². The lowest BCUT2D eigenvalue weighted by molar-refractivity contribution is 0.731. The van der Waals surface area contributed by atoms with E-state index < -0.39 is 0 Å². The highest BCUT2D eigenvalue weighted by Gasteiger charge is 2.15. The van der Waals surface area contributed by atoms with Gasteiger partial charge in [0.2, 0.25) is 0 Å². The van der Waals surface area contributed by atoms with Gasteiger partial charge in [-0.15, -0.1) is 0 Å². The predicted octanol–water partition coefficient (Wildman–Crippen LogP) is 2.89. The molecule has 0 saturated carbocycles. The standard InChI is InChI=1S/C14H16N4/c1-8-5-6-11-12(7-8)16-14(15-11)13-9(2)17-18(4)10(13)3/h5-7H,1-4H3,(H,15,16). The van der Waals surface area contributed by atoms with Crippen molar-refractivity contribution < 1.29 is 0 Å². The summed E-state index contributed by atoms with van der Waals surface area (Å²) in [6.07, 6.45) is 0. The van der Waals surface area contributed by atoms with Gasteiger partial charge in [-0.1, -0.05) is 6.07 Å². The maximum absolute atomic E-state index is 4.65. The molecule has 0 spiro atoms. The van der Waals surface area contributed by atoms with Gasteiger partial charge >= 0.3 is 0 Å². The molecule has 0 fully saturated rings. The topological polar surface area (TPSA) is 46.5 Å². The normalized spacial score (nSPS) is 11.3. The molecule has 92 valence electrons. The lowest BCUT2D eigenvalue weighted by atomic mass is 10.2. The molecule has 0 aliphatic carbocycles. The van der Waals surface area contributed by atoms with E-state index in [0.29, 0.717) is 0 Å². The van der Waals surface area contributed by atoms with Crippen LogP contribution in [-0.4, -0.2) is 19.7 Å². The molecule has 0 atom stereocenters. The molecule has 0 bridgehead atoms. The van der Waals surface area contributed by atoms with Crippen LogP contribution >= 0.6 is 0 Å². The van der Waals surface area contributed by atoms with Crippen LogP contribution in [0.25, 0.3) is 22.4 Å². The Balaban J connectivity index is 2.25. The monoisotopic (exact) mass is 240 g/mol. The van der Waals surface area contributed by atoms with Crippen molar-refractivity contribution in [2.24, 2.45) is 7.05 Å². The molecule has 18 heavy (non-hydrogen) atoms. The van der Waals surface area contributed by atoms with E-state index in [-0.39, 0.29) is 0 Å². The Bertz CT molecular complexity index is 734. The summed E-state index contributed by atoms with van der Waals surface area (Å²) in [5.74, 6) is 0.902. The van der Waals surface area contributed by atoms with Crippen molar-refractivity contribution in [2.75, 3.05) is 0 Å². The van der Waals surface area contributed by atoms with Gasteiger partial charge in [-0.3, -0.25) is 4.68 Å². The lowest BCUT2D eigenvalue weighted by Gasteiger charge is -1.96. The molecule has 3 rings (SSSR count). The van der Waals surface area contributed by atoms with Gasteiger partial charge in [-0.25, -0.2) is 4.98 Å². The minimum absolute atomic E-state index is 0.902. The average molecular weight is 240 g/mol. The van der Waals surface area contributed by atoms with Crippen molar-refractivity contribution in [3.8, 4) is 11.4 Å². The van der Waals surface area contributed by atoms with E-state index in [2.05, 4.69) is 41.0 Å². The lowest BCUT2D eigenvalue weighted by Crippen LogP contribution is -1.92. The molecule has 0 radical (unpaired) electrons. The van der Waals surface area contributed by atoms with E-state index in [9.17, 15) is 0 Å². The first-order valence-electron chi connectivity index (χ1n) is 6.03. The van der Waals surface area contributed by atoms with Crippen molar-refractivity contribution in [1.82, 2.24) is 19.7 Å². The first-order chi connectivity index (χ1) is 8.56. The second-order valence-corrected chi connectivity index (χ2v) is 4.78. The fourth-order valence-electron chi connectivity index (χ4n) is 2.36. The Morgan fingerprint density at radius 1 is 1.17 bits per heavy atom. The maximum atomic E-state index is 4.65. The number of aromatic nitrogens is 4. The minimum atomic E-state index is 0.902. The molecule has 0 aliphatic heterocycles. The molecular formula is C14H16N4. The first kappa shape index (κ1) is 11.0. The largest absolute Gasteiger partial charge is 0.338 e. The number of imidazole rings is 1. The molecular weight excluding hydrogens is 224 g/mol. The number of rotatable bonds is 1. The highest BCUT2D eigenvalue weighted by atomic mass is 15.3. The number of hydrogen-bond acceptors (Lipinski definition) is 2. The number of aromatic amines is 1. The highest BCUT2D eigenvalue weighted by molar-refractivity contribution is 5.80. The van der Waals surface area contributed by atoms with Crippen LogP contribution in [0.5, 0.6) is 0 Å². The summed E-state index contributed by atoms with van der Waals surface area (Å²) in [6.45, 7) is 6.16. The summed E-state index contributed by atoms with van der Waals surface area (Å²) < 4.78 is 1.89. The van der Waals surface area contributed by atoms with Crippen LogP contribution in [0.3, 0.4) is 0 Å². The van der Waals surface area contributed by atoms with Crippen molar-refractivity contribution in [1.29, 1.82) is 0 Å². The van der Waals surface area contributed by atoms with Gasteiger partial charge in [0.05, 0.1) is 22.3 Å². The Labute approximate surface area is 106 Å². The Morgan fingerprint density at radius 2 is 1.94 bits per heavy atom. The van der Waals surface area contributed by atoms with Gasteiger partial charge in [-0.05, 0) is 38.5 Å². The van der Waals surface area contributed by atoms with Crippen molar-refractivity contribution >= 4 is 11.0 Å². The van der Waals surface area contributed by atoms with Crippen LogP contribution in [0.4, 0.5) is 0 Å². The van der Waals surface area contributed by atoms with Gasteiger partial charge in [0.15, 0.2) is 0 Å². The zero-order valence-electron chi connectivity index (χ0n) is 11.1. The second-order valence-electron chi connectivity index (χ2n) is 4.78. The average Bonchev–Trinajstić information content (AvgIpc) is 2.80. The zero-order valence-corrected chi connectivity index (χ0v) is 11.1. The summed E-state index contributed by atoms with van der Waals surface area (Å²) in [7, 11) is 1.96. The number of fused-ring (bicyclic) bond motifs is 1. The molecule has 0 amide bonds. The SMILES string of the molecule is Cc1ccc2nc(-c3c(C)nn(C)c3C)[nH]c2c1. The molecule has 0 saturated heterocycles. The fourth-order valence-corrected chi connectivity index (χ4v) is 2.36. The molecule has 0 aliphatic rings. The number of aryl methyl sites for hydroxylation is 3. The fraction of sp³-hybridized carbons (Fsp3) is 0.286. The van der Waals surface area contributed by atoms with Crippen molar-refractivity contribution in [3.05, 3.63) is 35.2 Å². The maximum Gasteiger partial charge on any atom is 0.142 e. The van der Waals surface area contributed by atoms with Crippen molar-refractivity contribution in [3.63, 3.8) is 0 Å². The predicted molar refractivity (Wildman–Crippen MR) is 72.5 cm³/mol. The second kappa shape index (κ2) is 3.70. The van der Waals surface area contributed by atoms with Crippen LogP contribution in [-0.2, 0) is 7.05 Å². The van der Waals surface area contributed by atoms with E-state index in [1.807, 2.05) is 24.7 Å². The quantitative estimate of drug-likeness (QED) is 0.711. The Morgan fingerprint density at radius 3 is 2.61 bits per heavy atom. The summed E-state index contributed by atoms with van der Waals surface area (Å²) in [6, 6.07) is 6.24. The van der Waals surface area contributed by atoms with E-state index in [1.54, 1.807) is 0 Å². The van der Waals surface area contributed by atoms with E-state index >= 15 is 0 Å². The molecule has 2 aromatic heterocycles. The summed E-state index contributed by atoms with van der Waals surface area (Å²) in [4.78, 5) is 8.03. The van der Waals surface area contributed by atoms with Gasteiger partial charge < -0.3 is 4.98 Å². The number of hydrogen-bond donors (Lipinski definition) is 1. The molecule has 3 aromatic rings. The van der Waals surface area contributed by atoms with Gasteiger partial charge in [-0.2, -0.15) is 5.10 Å². The highest BCUT2D eigenvalue weighted by Crippen LogP contribution is 2.26. The van der Waals surface area contributed by atoms with Crippen LogP contribution in [0, 0.1) is 20.8 Å². The van der Waals surface area contributed by atoms with Crippen LogP contribution < -0.4 is 0 Å². The van der Waals surface area contributed by atoms with E-state index in [1.165, 1.54) is 5.56 Å². The van der Waals surface area contributed by atoms with E-state index in [4.69, 9.17) is 0 Å². The molecule has 0 unspecified atom stereocenters. The summed E-state index contributed by atoms with van der Waals surface area (Å²) >= 11 is 0. The smallest absolute Gasteiger partial charge is 0.142 e. The molecule has 1 N–H and O–H groups in total.